The van der Waals surface area contributed by atoms with Crippen LogP contribution in [0.1, 0.15) is 38.7 Å². The molecule has 1 aromatic carbocycles. The second-order valence-corrected chi connectivity index (χ2v) is 8.42. The standard InChI is InChI=1S/C23H34N4O9/c1-3-12(2)19(23(35)36)27-21(33)16(8-9-18(30)31)25-22(34)17(26-20(32)15(24)11-28)10-13-4-6-14(29)7-5-13/h4-7,12,15-17,19,28-29H,3,8-11,24H2,1-2H3,(H,25,34)(H,26,32)(H,27,33)(H,30,31)(H,35,36). The number of nitrogens with two attached hydrogens (primary N) is 1. The zero-order valence-electron chi connectivity index (χ0n) is 20.1. The number of carboxylic acids is 2. The van der Waals surface area contributed by atoms with Crippen LogP contribution in [0.4, 0.5) is 0 Å². The molecule has 9 N–H and O–H groups in total. The lowest BCUT2D eigenvalue weighted by Crippen LogP contribution is -2.58. The van der Waals surface area contributed by atoms with Crippen LogP contribution < -0.4 is 21.7 Å². The molecule has 0 saturated carbocycles. The van der Waals surface area contributed by atoms with Crippen LogP contribution in [0.5, 0.6) is 5.75 Å². The molecule has 0 saturated heterocycles. The van der Waals surface area contributed by atoms with Crippen molar-refractivity contribution in [3.05, 3.63) is 29.8 Å². The lowest BCUT2D eigenvalue weighted by Gasteiger charge is -2.26. The molecule has 1 rings (SSSR count). The SMILES string of the molecule is CCC(C)C(NC(=O)C(CCC(=O)O)NC(=O)C(Cc1ccc(O)cc1)NC(=O)C(N)CO)C(=O)O. The predicted octanol–water partition coefficient (Wildman–Crippen LogP) is -1.30. The summed E-state index contributed by atoms with van der Waals surface area (Å²) in [5.74, 6) is -5.57. The van der Waals surface area contributed by atoms with Gasteiger partial charge in [-0.15, -0.1) is 0 Å². The van der Waals surface area contributed by atoms with Gasteiger partial charge in [0.2, 0.25) is 17.7 Å². The number of hydrogen-bond donors (Lipinski definition) is 8. The smallest absolute Gasteiger partial charge is 0.326 e. The molecule has 0 fully saturated rings. The predicted molar refractivity (Wildman–Crippen MR) is 127 cm³/mol. The molecular formula is C23H34N4O9. The van der Waals surface area contributed by atoms with Crippen molar-refractivity contribution in [3.63, 3.8) is 0 Å². The molecule has 5 unspecified atom stereocenters. The molecule has 3 amide bonds. The van der Waals surface area contributed by atoms with E-state index in [9.17, 15) is 34.2 Å². The van der Waals surface area contributed by atoms with E-state index in [0.29, 0.717) is 12.0 Å². The highest BCUT2D eigenvalue weighted by atomic mass is 16.4. The fraction of sp³-hybridized carbons (Fsp3) is 0.522. The first-order chi connectivity index (χ1) is 16.9. The lowest BCUT2D eigenvalue weighted by atomic mass is 9.98. The second kappa shape index (κ2) is 14.6. The lowest BCUT2D eigenvalue weighted by molar-refractivity contribution is -0.144. The molecule has 0 radical (unpaired) electrons. The highest BCUT2D eigenvalue weighted by Crippen LogP contribution is 2.13. The number of rotatable bonds is 15. The Morgan fingerprint density at radius 2 is 1.47 bits per heavy atom. The second-order valence-electron chi connectivity index (χ2n) is 8.42. The van der Waals surface area contributed by atoms with Crippen molar-refractivity contribution in [1.29, 1.82) is 0 Å². The van der Waals surface area contributed by atoms with E-state index in [-0.39, 0.29) is 18.6 Å². The van der Waals surface area contributed by atoms with E-state index in [1.807, 2.05) is 0 Å². The number of carbonyl (C=O) groups is 5. The monoisotopic (exact) mass is 510 g/mol. The van der Waals surface area contributed by atoms with Crippen molar-refractivity contribution < 1.29 is 44.4 Å². The summed E-state index contributed by atoms with van der Waals surface area (Å²) in [6.45, 7) is 2.68. The normalized spacial score (nSPS) is 15.0. The fourth-order valence-electron chi connectivity index (χ4n) is 3.18. The maximum atomic E-state index is 13.1. The molecule has 13 heteroatoms. The number of benzene rings is 1. The number of aliphatic hydroxyl groups is 1. The van der Waals surface area contributed by atoms with E-state index in [2.05, 4.69) is 16.0 Å². The number of carboxylic acid groups (broad SMARTS) is 2. The number of aliphatic carboxylic acids is 2. The van der Waals surface area contributed by atoms with Gasteiger partial charge in [-0.3, -0.25) is 19.2 Å². The third kappa shape index (κ3) is 9.88. The minimum absolute atomic E-state index is 0.0224. The molecule has 200 valence electrons. The van der Waals surface area contributed by atoms with Crippen molar-refractivity contribution in [2.75, 3.05) is 6.61 Å². The maximum absolute atomic E-state index is 13.1. The van der Waals surface area contributed by atoms with E-state index in [4.69, 9.17) is 15.9 Å². The van der Waals surface area contributed by atoms with Crippen LogP contribution in [0.2, 0.25) is 0 Å². The molecule has 1 aromatic rings. The summed E-state index contributed by atoms with van der Waals surface area (Å²) in [7, 11) is 0. The number of aliphatic hydroxyl groups excluding tert-OH is 1. The third-order valence-corrected chi connectivity index (χ3v) is 5.60. The number of phenols is 1. The first kappa shape index (κ1) is 30.3. The summed E-state index contributed by atoms with van der Waals surface area (Å²) in [5.41, 5.74) is 6.05. The Bertz CT molecular complexity index is 923. The quantitative estimate of drug-likeness (QED) is 0.139. The number of aromatic hydroxyl groups is 1. The molecule has 0 aliphatic heterocycles. The maximum Gasteiger partial charge on any atom is 0.326 e. The van der Waals surface area contributed by atoms with Crippen LogP contribution in [-0.2, 0) is 30.4 Å². The molecule has 0 heterocycles. The van der Waals surface area contributed by atoms with Gasteiger partial charge < -0.3 is 42.1 Å². The van der Waals surface area contributed by atoms with E-state index in [1.165, 1.54) is 24.3 Å². The average Bonchev–Trinajstić information content (AvgIpc) is 2.84. The van der Waals surface area contributed by atoms with E-state index in [0.717, 1.165) is 0 Å². The van der Waals surface area contributed by atoms with Gasteiger partial charge >= 0.3 is 11.9 Å². The Morgan fingerprint density at radius 3 is 1.97 bits per heavy atom. The Labute approximate surface area is 208 Å². The minimum Gasteiger partial charge on any atom is -0.508 e. The van der Waals surface area contributed by atoms with Crippen molar-refractivity contribution in [2.45, 2.75) is 63.7 Å². The Balaban J connectivity index is 3.16. The molecule has 0 spiro atoms. The van der Waals surface area contributed by atoms with Crippen LogP contribution in [0.25, 0.3) is 0 Å². The Hall–Kier alpha value is -3.71. The molecule has 0 aromatic heterocycles. The molecule has 0 aliphatic carbocycles. The highest BCUT2D eigenvalue weighted by Gasteiger charge is 2.32. The van der Waals surface area contributed by atoms with Gasteiger partial charge in [-0.25, -0.2) is 4.79 Å². The zero-order chi connectivity index (χ0) is 27.4. The van der Waals surface area contributed by atoms with Crippen LogP contribution in [0.15, 0.2) is 24.3 Å². The van der Waals surface area contributed by atoms with Crippen LogP contribution in [-0.4, -0.2) is 80.9 Å². The Kier molecular flexibility index (Phi) is 12.3. The van der Waals surface area contributed by atoms with Crippen LogP contribution >= 0.6 is 0 Å². The largest absolute Gasteiger partial charge is 0.508 e. The van der Waals surface area contributed by atoms with Crippen molar-refractivity contribution in [2.24, 2.45) is 11.7 Å². The van der Waals surface area contributed by atoms with Gasteiger partial charge in [-0.05, 0) is 30.0 Å². The summed E-state index contributed by atoms with van der Waals surface area (Å²) in [6, 6.07) is 0.470. The number of phenolic OH excluding ortho intramolecular Hbond substituents is 1. The topological polar surface area (TPSA) is 228 Å². The zero-order valence-corrected chi connectivity index (χ0v) is 20.1. The van der Waals surface area contributed by atoms with Gasteiger partial charge in [-0.2, -0.15) is 0 Å². The number of hydrogen-bond acceptors (Lipinski definition) is 8. The minimum atomic E-state index is -1.41. The number of carbonyl (C=O) groups excluding carboxylic acids is 3. The molecule has 0 aliphatic rings. The third-order valence-electron chi connectivity index (χ3n) is 5.60. The van der Waals surface area contributed by atoms with Gasteiger partial charge in [0.15, 0.2) is 0 Å². The van der Waals surface area contributed by atoms with Crippen molar-refractivity contribution >= 4 is 29.7 Å². The van der Waals surface area contributed by atoms with E-state index >= 15 is 0 Å². The van der Waals surface area contributed by atoms with Crippen molar-refractivity contribution in [1.82, 2.24) is 16.0 Å². The fourth-order valence-corrected chi connectivity index (χ4v) is 3.18. The molecule has 0 bridgehead atoms. The highest BCUT2D eigenvalue weighted by molar-refractivity contribution is 5.94. The van der Waals surface area contributed by atoms with E-state index in [1.54, 1.807) is 13.8 Å². The van der Waals surface area contributed by atoms with Crippen molar-refractivity contribution in [3.8, 4) is 5.75 Å². The summed E-state index contributed by atoms with van der Waals surface area (Å²) in [6.07, 6.45) is -0.483. The van der Waals surface area contributed by atoms with Gasteiger partial charge in [0, 0.05) is 12.8 Å². The first-order valence-corrected chi connectivity index (χ1v) is 11.4. The number of amides is 3. The number of nitrogens with one attached hydrogen (secondary N) is 3. The summed E-state index contributed by atoms with van der Waals surface area (Å²) < 4.78 is 0. The van der Waals surface area contributed by atoms with Gasteiger partial charge in [0.1, 0.15) is 29.9 Å². The summed E-state index contributed by atoms with van der Waals surface area (Å²) in [4.78, 5) is 60.9. The average molecular weight is 511 g/mol. The molecule has 13 nitrogen and oxygen atoms in total. The molecular weight excluding hydrogens is 476 g/mol. The van der Waals surface area contributed by atoms with Crippen LogP contribution in [0.3, 0.4) is 0 Å². The molecule has 36 heavy (non-hydrogen) atoms. The van der Waals surface area contributed by atoms with Gasteiger partial charge in [0.25, 0.3) is 0 Å². The molecule has 5 atom stereocenters. The van der Waals surface area contributed by atoms with E-state index < -0.39 is 72.8 Å². The first-order valence-electron chi connectivity index (χ1n) is 11.4. The summed E-state index contributed by atoms with van der Waals surface area (Å²) in [5, 5.41) is 44.3. The van der Waals surface area contributed by atoms with Gasteiger partial charge in [0.05, 0.1) is 6.61 Å². The van der Waals surface area contributed by atoms with Gasteiger partial charge in [-0.1, -0.05) is 32.4 Å². The summed E-state index contributed by atoms with van der Waals surface area (Å²) >= 11 is 0. The van der Waals surface area contributed by atoms with Crippen LogP contribution in [0, 0.1) is 5.92 Å². The Morgan fingerprint density at radius 1 is 0.917 bits per heavy atom.